The van der Waals surface area contributed by atoms with Crippen LogP contribution in [0.3, 0.4) is 0 Å². The van der Waals surface area contributed by atoms with E-state index in [0.717, 1.165) is 37.6 Å². The summed E-state index contributed by atoms with van der Waals surface area (Å²) in [5.74, 6) is -0.354. The Morgan fingerprint density at radius 2 is 1.90 bits per heavy atom. The maximum atomic E-state index is 14.2. The number of amides is 2. The van der Waals surface area contributed by atoms with Gasteiger partial charge in [0.1, 0.15) is 17.7 Å². The Labute approximate surface area is 228 Å². The molecule has 2 aliphatic heterocycles. The molecule has 1 fully saturated rings. The van der Waals surface area contributed by atoms with E-state index in [4.69, 9.17) is 0 Å². The molecule has 39 heavy (non-hydrogen) atoms. The lowest BCUT2D eigenvalue weighted by Gasteiger charge is -2.33. The fraction of sp³-hybridized carbons (Fsp3) is 0.250. The van der Waals surface area contributed by atoms with Gasteiger partial charge in [-0.15, -0.1) is 11.3 Å². The van der Waals surface area contributed by atoms with E-state index >= 15 is 0 Å². The molecule has 3 aromatic heterocycles. The van der Waals surface area contributed by atoms with E-state index in [1.54, 1.807) is 36.1 Å². The molecular formula is C28H26FN7O2S. The summed E-state index contributed by atoms with van der Waals surface area (Å²) in [4.78, 5) is 46.4. The Morgan fingerprint density at radius 3 is 2.62 bits per heavy atom. The Balaban J connectivity index is 1.26. The average Bonchev–Trinajstić information content (AvgIpc) is 3.57. The highest BCUT2D eigenvalue weighted by Crippen LogP contribution is 2.34. The van der Waals surface area contributed by atoms with Crippen LogP contribution in [0.25, 0.3) is 11.3 Å². The molecule has 1 aromatic carbocycles. The second-order valence-electron chi connectivity index (χ2n) is 9.64. The molecule has 2 amide bonds. The zero-order chi connectivity index (χ0) is 26.9. The third-order valence-corrected chi connectivity index (χ3v) is 7.76. The molecule has 0 aliphatic carbocycles. The fourth-order valence-electron chi connectivity index (χ4n) is 4.95. The van der Waals surface area contributed by atoms with Crippen LogP contribution in [0.4, 0.5) is 15.3 Å². The number of hydrogen-bond donors (Lipinski definition) is 1. The van der Waals surface area contributed by atoms with Crippen molar-refractivity contribution < 1.29 is 14.0 Å². The van der Waals surface area contributed by atoms with Crippen molar-refractivity contribution in [3.8, 4) is 11.3 Å². The van der Waals surface area contributed by atoms with E-state index in [9.17, 15) is 14.0 Å². The third kappa shape index (κ3) is 5.10. The summed E-state index contributed by atoms with van der Waals surface area (Å²) >= 11 is 1.27. The van der Waals surface area contributed by atoms with Gasteiger partial charge in [-0.25, -0.2) is 14.4 Å². The predicted molar refractivity (Wildman–Crippen MR) is 147 cm³/mol. The van der Waals surface area contributed by atoms with Gasteiger partial charge in [0, 0.05) is 73.4 Å². The summed E-state index contributed by atoms with van der Waals surface area (Å²) in [5.41, 5.74) is 2.96. The van der Waals surface area contributed by atoms with Gasteiger partial charge < -0.3 is 14.7 Å². The molecule has 1 saturated heterocycles. The van der Waals surface area contributed by atoms with Gasteiger partial charge in [-0.2, -0.15) is 0 Å². The van der Waals surface area contributed by atoms with Crippen molar-refractivity contribution in [2.75, 3.05) is 43.4 Å². The van der Waals surface area contributed by atoms with Crippen molar-refractivity contribution in [2.45, 2.75) is 12.6 Å². The number of anilines is 2. The van der Waals surface area contributed by atoms with Gasteiger partial charge >= 0.3 is 0 Å². The van der Waals surface area contributed by atoms with Crippen LogP contribution in [0.2, 0.25) is 0 Å². The number of carbonyl (C=O) groups is 2. The van der Waals surface area contributed by atoms with Gasteiger partial charge in [-0.05, 0) is 42.9 Å². The number of nitrogens with zero attached hydrogens (tertiary/aromatic N) is 6. The first-order valence-electron chi connectivity index (χ1n) is 12.6. The first-order chi connectivity index (χ1) is 19.0. The molecule has 5 heterocycles. The summed E-state index contributed by atoms with van der Waals surface area (Å²) in [5, 5.41) is 4.90. The summed E-state index contributed by atoms with van der Waals surface area (Å²) in [6, 6.07) is 10.4. The molecule has 0 bridgehead atoms. The molecule has 9 nitrogen and oxygen atoms in total. The molecule has 4 aromatic rings. The van der Waals surface area contributed by atoms with Crippen molar-refractivity contribution in [3.63, 3.8) is 0 Å². The first kappa shape index (κ1) is 25.1. The topological polar surface area (TPSA) is 94.6 Å². The number of fused-ring (bicyclic) bond motifs is 1. The Hall–Kier alpha value is -4.22. The van der Waals surface area contributed by atoms with Crippen LogP contribution in [-0.2, 0) is 11.3 Å². The molecule has 0 spiro atoms. The summed E-state index contributed by atoms with van der Waals surface area (Å²) in [7, 11) is 2.11. The third-order valence-electron chi connectivity index (χ3n) is 7.08. The van der Waals surface area contributed by atoms with Crippen LogP contribution in [-0.4, -0.2) is 69.8 Å². The van der Waals surface area contributed by atoms with Crippen LogP contribution >= 0.6 is 11.3 Å². The highest BCUT2D eigenvalue weighted by atomic mass is 32.1. The smallest absolute Gasteiger partial charge is 0.255 e. The number of piperazine rings is 1. The molecule has 6 rings (SSSR count). The molecule has 0 saturated carbocycles. The van der Waals surface area contributed by atoms with Crippen molar-refractivity contribution in [3.05, 3.63) is 88.9 Å². The van der Waals surface area contributed by atoms with Crippen molar-refractivity contribution in [1.29, 1.82) is 0 Å². The Morgan fingerprint density at radius 1 is 1.05 bits per heavy atom. The van der Waals surface area contributed by atoms with Gasteiger partial charge in [0.2, 0.25) is 0 Å². The standard InChI is InChI=1S/C28H26FN7O2S/c1-34-8-10-35(11-9-34)24-6-5-19(15-32-24)23-14-22-20(16-31-23)17-36(27(22)38)25(18-3-2-4-21(29)13-18)26(37)33-28-30-7-12-39-28/h2-7,12-16,25H,8-11,17H2,1H3,(H,30,33,37). The van der Waals surface area contributed by atoms with Crippen LogP contribution in [0, 0.1) is 5.82 Å². The van der Waals surface area contributed by atoms with E-state index in [1.165, 1.54) is 34.4 Å². The first-order valence-corrected chi connectivity index (χ1v) is 13.5. The summed E-state index contributed by atoms with van der Waals surface area (Å²) < 4.78 is 14.2. The number of thiazole rings is 1. The normalized spacial score (nSPS) is 16.3. The zero-order valence-electron chi connectivity index (χ0n) is 21.2. The largest absolute Gasteiger partial charge is 0.354 e. The second-order valence-corrected chi connectivity index (χ2v) is 10.5. The van der Waals surface area contributed by atoms with E-state index in [0.29, 0.717) is 27.5 Å². The summed E-state index contributed by atoms with van der Waals surface area (Å²) in [6.45, 7) is 4.01. The number of nitrogens with one attached hydrogen (secondary N) is 1. The maximum absolute atomic E-state index is 14.2. The quantitative estimate of drug-likeness (QED) is 0.395. The lowest BCUT2D eigenvalue weighted by Crippen LogP contribution is -2.44. The lowest BCUT2D eigenvalue weighted by molar-refractivity contribution is -0.120. The van der Waals surface area contributed by atoms with Crippen LogP contribution < -0.4 is 10.2 Å². The van der Waals surface area contributed by atoms with Crippen LogP contribution in [0.5, 0.6) is 0 Å². The number of carbonyl (C=O) groups excluding carboxylic acids is 2. The van der Waals surface area contributed by atoms with Crippen LogP contribution in [0.15, 0.2) is 66.4 Å². The monoisotopic (exact) mass is 543 g/mol. The molecule has 1 unspecified atom stereocenters. The van der Waals surface area contributed by atoms with E-state index in [2.05, 4.69) is 37.1 Å². The Kier molecular flexibility index (Phi) is 6.76. The molecule has 1 atom stereocenters. The zero-order valence-corrected chi connectivity index (χ0v) is 22.1. The van der Waals surface area contributed by atoms with Gasteiger partial charge in [0.05, 0.1) is 5.69 Å². The lowest BCUT2D eigenvalue weighted by atomic mass is 10.0. The molecule has 1 N–H and O–H groups in total. The van der Waals surface area contributed by atoms with Crippen LogP contribution in [0.1, 0.15) is 27.5 Å². The molecule has 2 aliphatic rings. The highest BCUT2D eigenvalue weighted by Gasteiger charge is 2.38. The SMILES string of the molecule is CN1CCN(c2ccc(-c3cc4c(cn3)CN(C(C(=O)Nc3nccs3)c3cccc(F)c3)C4=O)cn2)CC1. The number of likely N-dealkylation sites (N-methyl/N-ethyl adjacent to an activating group) is 1. The second kappa shape index (κ2) is 10.5. The molecule has 0 radical (unpaired) electrons. The molecule has 11 heteroatoms. The number of benzene rings is 1. The molecule has 198 valence electrons. The number of rotatable bonds is 6. The number of aromatic nitrogens is 3. The Bertz CT molecular complexity index is 1500. The number of hydrogen-bond acceptors (Lipinski definition) is 8. The van der Waals surface area contributed by atoms with E-state index in [-0.39, 0.29) is 12.5 Å². The van der Waals surface area contributed by atoms with Gasteiger partial charge in [0.25, 0.3) is 11.8 Å². The van der Waals surface area contributed by atoms with E-state index in [1.807, 2.05) is 12.1 Å². The van der Waals surface area contributed by atoms with E-state index < -0.39 is 17.8 Å². The van der Waals surface area contributed by atoms with Gasteiger partial charge in [0.15, 0.2) is 5.13 Å². The average molecular weight is 544 g/mol. The highest BCUT2D eigenvalue weighted by molar-refractivity contribution is 7.13. The fourth-order valence-corrected chi connectivity index (χ4v) is 5.49. The van der Waals surface area contributed by atoms with Crippen molar-refractivity contribution in [2.24, 2.45) is 0 Å². The summed E-state index contributed by atoms with van der Waals surface area (Å²) in [6.07, 6.45) is 5.02. The maximum Gasteiger partial charge on any atom is 0.255 e. The molecular weight excluding hydrogens is 517 g/mol. The minimum atomic E-state index is -1.04. The van der Waals surface area contributed by atoms with Gasteiger partial charge in [-0.1, -0.05) is 12.1 Å². The van der Waals surface area contributed by atoms with Gasteiger partial charge in [-0.3, -0.25) is 19.9 Å². The number of pyridine rings is 2. The van der Waals surface area contributed by atoms with Crippen molar-refractivity contribution in [1.82, 2.24) is 24.8 Å². The van der Waals surface area contributed by atoms with Crippen molar-refractivity contribution >= 4 is 34.1 Å². The minimum absolute atomic E-state index is 0.175. The minimum Gasteiger partial charge on any atom is -0.354 e. The predicted octanol–water partition coefficient (Wildman–Crippen LogP) is 3.83. The number of halogens is 1.